The monoisotopic (exact) mass is 560 g/mol. The van der Waals surface area contributed by atoms with Gasteiger partial charge in [-0.05, 0) is 22.6 Å². The van der Waals surface area contributed by atoms with Crippen molar-refractivity contribution in [1.82, 2.24) is 0 Å². The molecule has 1 unspecified atom stereocenters. The summed E-state index contributed by atoms with van der Waals surface area (Å²) in [4.78, 5) is 0. The molecule has 0 aromatic carbocycles. The first-order valence-electron chi connectivity index (χ1n) is 5.61. The molecule has 0 amide bonds. The van der Waals surface area contributed by atoms with E-state index in [4.69, 9.17) is 0 Å². The number of hydrogen-bond acceptors (Lipinski definition) is 0. The van der Waals surface area contributed by atoms with Gasteiger partial charge in [0, 0.05) is 0 Å². The van der Waals surface area contributed by atoms with Gasteiger partial charge in [-0.2, -0.15) is 70.2 Å². The molecule has 18 heteroatoms. The van der Waals surface area contributed by atoms with E-state index < -0.39 is 74.7 Å². The maximum absolute atomic E-state index is 13.1. The topological polar surface area (TPSA) is 0 Å². The molecule has 0 aromatic heterocycles. The standard InChI is InChI=1S/C9H2F17I/c10-2(11,4(14,15)6(18,19)8(21,22)23)1-3(12,13)5(16,17)7(20,27)9(24,25)26/h1H2. The molecule has 0 aliphatic carbocycles. The molecule has 27 heavy (non-hydrogen) atoms. The molecule has 0 spiro atoms. The second-order valence-corrected chi connectivity index (χ2v) is 6.37. The van der Waals surface area contributed by atoms with Gasteiger partial charge in [-0.1, -0.05) is 0 Å². The van der Waals surface area contributed by atoms with Crippen LogP contribution in [0.5, 0.6) is 0 Å². The second kappa shape index (κ2) is 6.53. The van der Waals surface area contributed by atoms with Gasteiger partial charge in [-0.15, -0.1) is 0 Å². The Labute approximate surface area is 150 Å². The van der Waals surface area contributed by atoms with Crippen LogP contribution >= 0.6 is 22.6 Å². The lowest BCUT2D eigenvalue weighted by Crippen LogP contribution is -2.65. The molecule has 0 rings (SSSR count). The molecule has 0 saturated heterocycles. The van der Waals surface area contributed by atoms with Crippen molar-refractivity contribution in [3.05, 3.63) is 0 Å². The normalized spacial score (nSPS) is 18.4. The summed E-state index contributed by atoms with van der Waals surface area (Å²) >= 11 is -1.03. The highest BCUT2D eigenvalue weighted by atomic mass is 127. The zero-order valence-corrected chi connectivity index (χ0v) is 13.7. The SMILES string of the molecule is FC(F)(F)C(F)(F)C(F)(F)C(F)(F)CC(F)(F)C(F)(F)C(F)(I)C(F)(F)F. The summed E-state index contributed by atoms with van der Waals surface area (Å²) in [5.41, 5.74) is 0. The predicted molar refractivity (Wildman–Crippen MR) is 59.3 cm³/mol. The molecule has 0 aromatic rings. The summed E-state index contributed by atoms with van der Waals surface area (Å²) in [5, 5.41) is 0. The van der Waals surface area contributed by atoms with E-state index in [1.807, 2.05) is 0 Å². The van der Waals surface area contributed by atoms with Crippen LogP contribution in [-0.2, 0) is 0 Å². The lowest BCUT2D eigenvalue weighted by molar-refractivity contribution is -0.407. The lowest BCUT2D eigenvalue weighted by Gasteiger charge is -2.39. The maximum Gasteiger partial charge on any atom is 0.460 e. The van der Waals surface area contributed by atoms with Gasteiger partial charge >= 0.3 is 45.6 Å². The Morgan fingerprint density at radius 1 is 0.407 bits per heavy atom. The van der Waals surface area contributed by atoms with E-state index in [-0.39, 0.29) is 0 Å². The molecule has 0 saturated carbocycles. The average molecular weight is 560 g/mol. The van der Waals surface area contributed by atoms with Crippen LogP contribution in [0.1, 0.15) is 6.42 Å². The maximum atomic E-state index is 13.1. The summed E-state index contributed by atoms with van der Waals surface area (Å²) in [5.74, 6) is -37.3. The quantitative estimate of drug-likeness (QED) is 0.191. The fourth-order valence-corrected chi connectivity index (χ4v) is 1.71. The van der Waals surface area contributed by atoms with E-state index in [1.54, 1.807) is 0 Å². The van der Waals surface area contributed by atoms with Crippen molar-refractivity contribution in [2.24, 2.45) is 0 Å². The minimum absolute atomic E-state index is 1.03. The smallest absolute Gasteiger partial charge is 0.215 e. The highest BCUT2D eigenvalue weighted by molar-refractivity contribution is 14.1. The summed E-state index contributed by atoms with van der Waals surface area (Å²) in [6.07, 6.45) is -19.1. The van der Waals surface area contributed by atoms with Crippen molar-refractivity contribution in [3.63, 3.8) is 0 Å². The number of rotatable bonds is 6. The number of hydrogen-bond donors (Lipinski definition) is 0. The zero-order chi connectivity index (χ0) is 22.7. The minimum Gasteiger partial charge on any atom is -0.215 e. The van der Waals surface area contributed by atoms with Gasteiger partial charge in [-0.25, -0.2) is 4.39 Å². The molecule has 0 heterocycles. The molecule has 0 radical (unpaired) electrons. The third-order valence-corrected chi connectivity index (χ3v) is 4.15. The molecule has 164 valence electrons. The van der Waals surface area contributed by atoms with Crippen LogP contribution in [0, 0.1) is 0 Å². The lowest BCUT2D eigenvalue weighted by atomic mass is 9.93. The van der Waals surface area contributed by atoms with E-state index >= 15 is 0 Å². The first-order valence-corrected chi connectivity index (χ1v) is 6.69. The molecule has 0 fully saturated rings. The first-order chi connectivity index (χ1) is 11.2. The molecule has 1 atom stereocenters. The van der Waals surface area contributed by atoms with Crippen molar-refractivity contribution in [1.29, 1.82) is 0 Å². The first kappa shape index (κ1) is 26.5. The molecular weight excluding hydrogens is 558 g/mol. The Balaban J connectivity index is 6.19. The van der Waals surface area contributed by atoms with Gasteiger partial charge in [0.1, 0.15) is 0 Å². The van der Waals surface area contributed by atoms with Crippen LogP contribution in [0.4, 0.5) is 74.6 Å². The van der Waals surface area contributed by atoms with Crippen LogP contribution in [0.3, 0.4) is 0 Å². The van der Waals surface area contributed by atoms with Gasteiger partial charge in [0.2, 0.25) is 0 Å². The van der Waals surface area contributed by atoms with Gasteiger partial charge in [0.25, 0.3) is 0 Å². The molecule has 0 aliphatic heterocycles. The van der Waals surface area contributed by atoms with Crippen molar-refractivity contribution in [2.45, 2.75) is 52.1 Å². The number of halogens is 18. The van der Waals surface area contributed by atoms with Crippen LogP contribution < -0.4 is 0 Å². The molecule has 0 nitrogen and oxygen atoms in total. The molecule has 0 N–H and O–H groups in total. The Kier molecular flexibility index (Phi) is 6.42. The second-order valence-electron chi connectivity index (χ2n) is 4.88. The highest BCUT2D eigenvalue weighted by Crippen LogP contribution is 2.61. The van der Waals surface area contributed by atoms with Gasteiger partial charge in [-0.3, -0.25) is 0 Å². The third-order valence-electron chi connectivity index (χ3n) is 2.86. The fraction of sp³-hybridized carbons (Fsp3) is 1.00. The minimum atomic E-state index is -7.81. The van der Waals surface area contributed by atoms with Crippen LogP contribution in [0.2, 0.25) is 0 Å². The summed E-state index contributed by atoms with van der Waals surface area (Å²) in [6.45, 7) is 0. The highest BCUT2D eigenvalue weighted by Gasteiger charge is 2.86. The fourth-order valence-electron chi connectivity index (χ4n) is 1.32. The summed E-state index contributed by atoms with van der Waals surface area (Å²) < 4.78 is 207. The van der Waals surface area contributed by atoms with Crippen LogP contribution in [0.25, 0.3) is 0 Å². The molecule has 0 bridgehead atoms. The van der Waals surface area contributed by atoms with Gasteiger partial charge in [0.15, 0.2) is 0 Å². The van der Waals surface area contributed by atoms with Crippen molar-refractivity contribution < 1.29 is 74.6 Å². The van der Waals surface area contributed by atoms with E-state index in [2.05, 4.69) is 0 Å². The Bertz CT molecular complexity index is 490. The molecule has 0 aliphatic rings. The average Bonchev–Trinajstić information content (AvgIpc) is 2.33. The van der Waals surface area contributed by atoms with E-state index in [9.17, 15) is 74.6 Å². The molecular formula is C9H2F17I. The van der Waals surface area contributed by atoms with E-state index in [0.29, 0.717) is 0 Å². The van der Waals surface area contributed by atoms with Crippen LogP contribution in [0.15, 0.2) is 0 Å². The third kappa shape index (κ3) is 3.99. The summed E-state index contributed by atoms with van der Waals surface area (Å²) in [6, 6.07) is 0. The largest absolute Gasteiger partial charge is 0.460 e. The Morgan fingerprint density at radius 3 is 0.963 bits per heavy atom. The Morgan fingerprint density at radius 2 is 0.704 bits per heavy atom. The van der Waals surface area contributed by atoms with Crippen molar-refractivity contribution >= 4 is 22.6 Å². The van der Waals surface area contributed by atoms with Crippen LogP contribution in [-0.4, -0.2) is 45.6 Å². The van der Waals surface area contributed by atoms with E-state index in [1.165, 1.54) is 0 Å². The van der Waals surface area contributed by atoms with Gasteiger partial charge < -0.3 is 0 Å². The predicted octanol–water partition coefficient (Wildman–Crippen LogP) is 6.78. The Hall–Kier alpha value is -0.460. The summed E-state index contributed by atoms with van der Waals surface area (Å²) in [7, 11) is 0. The van der Waals surface area contributed by atoms with E-state index in [0.717, 1.165) is 0 Å². The van der Waals surface area contributed by atoms with Crippen molar-refractivity contribution in [2.75, 3.05) is 0 Å². The van der Waals surface area contributed by atoms with Gasteiger partial charge in [0.05, 0.1) is 6.42 Å². The number of alkyl halides is 18. The zero-order valence-electron chi connectivity index (χ0n) is 11.5. The van der Waals surface area contributed by atoms with Crippen molar-refractivity contribution in [3.8, 4) is 0 Å².